The summed E-state index contributed by atoms with van der Waals surface area (Å²) < 4.78 is 5.20. The Morgan fingerprint density at radius 1 is 1.05 bits per heavy atom. The molecular formula is C15H16N2O2. The van der Waals surface area contributed by atoms with Gasteiger partial charge in [0.2, 0.25) is 0 Å². The van der Waals surface area contributed by atoms with Crippen LogP contribution < -0.4 is 0 Å². The van der Waals surface area contributed by atoms with Gasteiger partial charge in [-0.05, 0) is 24.0 Å². The molecule has 0 aliphatic heterocycles. The molecule has 98 valence electrons. The lowest BCUT2D eigenvalue weighted by molar-refractivity contribution is -0.145. The first-order chi connectivity index (χ1) is 9.34. The number of nitrogens with zero attached hydrogens (tertiary/aromatic N) is 2. The van der Waals surface area contributed by atoms with E-state index in [1.54, 1.807) is 12.4 Å². The third-order valence-corrected chi connectivity index (χ3v) is 2.70. The molecule has 0 aliphatic carbocycles. The monoisotopic (exact) mass is 256 g/mol. The van der Waals surface area contributed by atoms with Crippen molar-refractivity contribution in [3.05, 3.63) is 60.2 Å². The van der Waals surface area contributed by atoms with Gasteiger partial charge in [-0.15, -0.1) is 0 Å². The Morgan fingerprint density at radius 2 is 1.79 bits per heavy atom. The SMILES string of the molecule is O=C(CCCc1cncnc1)OCc1ccccc1. The number of aryl methyl sites for hydroxylation is 1. The molecule has 0 radical (unpaired) electrons. The number of carbonyl (C=O) groups is 1. The lowest BCUT2D eigenvalue weighted by atomic mass is 10.1. The van der Waals surface area contributed by atoms with E-state index in [9.17, 15) is 4.79 Å². The molecule has 0 N–H and O–H groups in total. The number of rotatable bonds is 6. The summed E-state index contributed by atoms with van der Waals surface area (Å²) in [5.74, 6) is -0.166. The lowest BCUT2D eigenvalue weighted by Gasteiger charge is -2.04. The van der Waals surface area contributed by atoms with Gasteiger partial charge in [0.15, 0.2) is 0 Å². The Bertz CT molecular complexity index is 500. The van der Waals surface area contributed by atoms with E-state index >= 15 is 0 Å². The Kier molecular flexibility index (Phi) is 5.05. The molecular weight excluding hydrogens is 240 g/mol. The molecule has 0 amide bonds. The van der Waals surface area contributed by atoms with E-state index in [1.165, 1.54) is 6.33 Å². The fraction of sp³-hybridized carbons (Fsp3) is 0.267. The minimum Gasteiger partial charge on any atom is -0.461 e. The fourth-order valence-corrected chi connectivity index (χ4v) is 1.71. The summed E-state index contributed by atoms with van der Waals surface area (Å²) >= 11 is 0. The minimum absolute atomic E-state index is 0.166. The molecule has 2 aromatic rings. The second-order valence-corrected chi connectivity index (χ2v) is 4.25. The molecule has 0 spiro atoms. The van der Waals surface area contributed by atoms with Gasteiger partial charge < -0.3 is 4.74 Å². The van der Waals surface area contributed by atoms with Crippen LogP contribution in [0.15, 0.2) is 49.1 Å². The highest BCUT2D eigenvalue weighted by atomic mass is 16.5. The van der Waals surface area contributed by atoms with Crippen molar-refractivity contribution in [2.45, 2.75) is 25.9 Å². The molecule has 0 aliphatic rings. The number of esters is 1. The molecule has 4 heteroatoms. The largest absolute Gasteiger partial charge is 0.461 e. The number of benzene rings is 1. The summed E-state index contributed by atoms with van der Waals surface area (Å²) in [6, 6.07) is 9.67. The van der Waals surface area contributed by atoms with Crippen LogP contribution in [0.4, 0.5) is 0 Å². The molecule has 0 unspecified atom stereocenters. The molecule has 1 heterocycles. The van der Waals surface area contributed by atoms with Crippen LogP contribution in [0.25, 0.3) is 0 Å². The van der Waals surface area contributed by atoms with Crippen molar-refractivity contribution in [3.63, 3.8) is 0 Å². The average molecular weight is 256 g/mol. The summed E-state index contributed by atoms with van der Waals surface area (Å²) in [6.07, 6.45) is 6.99. The smallest absolute Gasteiger partial charge is 0.306 e. The molecule has 0 atom stereocenters. The molecule has 0 saturated heterocycles. The first-order valence-corrected chi connectivity index (χ1v) is 6.28. The topological polar surface area (TPSA) is 52.1 Å². The Labute approximate surface area is 112 Å². The summed E-state index contributed by atoms with van der Waals surface area (Å²) in [5, 5.41) is 0. The predicted octanol–water partition coefficient (Wildman–Crippen LogP) is 2.54. The Balaban J connectivity index is 1.65. The normalized spacial score (nSPS) is 10.1. The van der Waals surface area contributed by atoms with Crippen LogP contribution in [0.3, 0.4) is 0 Å². The molecule has 1 aromatic carbocycles. The maximum atomic E-state index is 11.6. The van der Waals surface area contributed by atoms with Crippen molar-refractivity contribution >= 4 is 5.97 Å². The van der Waals surface area contributed by atoms with Crippen molar-refractivity contribution in [3.8, 4) is 0 Å². The molecule has 0 fully saturated rings. The summed E-state index contributed by atoms with van der Waals surface area (Å²) in [4.78, 5) is 19.4. The van der Waals surface area contributed by atoms with Gasteiger partial charge in [0.05, 0.1) is 0 Å². The van der Waals surface area contributed by atoms with E-state index < -0.39 is 0 Å². The fourth-order valence-electron chi connectivity index (χ4n) is 1.71. The first kappa shape index (κ1) is 13.2. The van der Waals surface area contributed by atoms with Gasteiger partial charge in [-0.2, -0.15) is 0 Å². The highest BCUT2D eigenvalue weighted by Crippen LogP contribution is 2.05. The van der Waals surface area contributed by atoms with Crippen LogP contribution >= 0.6 is 0 Å². The van der Waals surface area contributed by atoms with E-state index in [0.29, 0.717) is 13.0 Å². The number of hydrogen-bond donors (Lipinski definition) is 0. The van der Waals surface area contributed by atoms with Crippen molar-refractivity contribution in [1.29, 1.82) is 0 Å². The van der Waals surface area contributed by atoms with Crippen LogP contribution in [0.5, 0.6) is 0 Å². The summed E-state index contributed by atoms with van der Waals surface area (Å²) in [6.45, 7) is 0.341. The van der Waals surface area contributed by atoms with E-state index in [4.69, 9.17) is 4.74 Å². The highest BCUT2D eigenvalue weighted by molar-refractivity contribution is 5.69. The van der Waals surface area contributed by atoms with Crippen LogP contribution in [0, 0.1) is 0 Å². The van der Waals surface area contributed by atoms with Gasteiger partial charge in [-0.1, -0.05) is 30.3 Å². The van der Waals surface area contributed by atoms with E-state index in [1.807, 2.05) is 30.3 Å². The number of aromatic nitrogens is 2. The maximum absolute atomic E-state index is 11.6. The predicted molar refractivity (Wildman–Crippen MR) is 71.2 cm³/mol. The van der Waals surface area contributed by atoms with E-state index in [0.717, 1.165) is 24.0 Å². The van der Waals surface area contributed by atoms with Crippen molar-refractivity contribution < 1.29 is 9.53 Å². The van der Waals surface area contributed by atoms with Gasteiger partial charge in [0.1, 0.15) is 12.9 Å². The zero-order valence-corrected chi connectivity index (χ0v) is 10.7. The van der Waals surface area contributed by atoms with Crippen LogP contribution in [-0.2, 0) is 22.6 Å². The van der Waals surface area contributed by atoms with Crippen LogP contribution in [0.2, 0.25) is 0 Å². The second kappa shape index (κ2) is 7.26. The first-order valence-electron chi connectivity index (χ1n) is 6.28. The van der Waals surface area contributed by atoms with Gasteiger partial charge in [-0.3, -0.25) is 4.79 Å². The van der Waals surface area contributed by atoms with E-state index in [2.05, 4.69) is 9.97 Å². The molecule has 0 saturated carbocycles. The van der Waals surface area contributed by atoms with E-state index in [-0.39, 0.29) is 5.97 Å². The minimum atomic E-state index is -0.166. The van der Waals surface area contributed by atoms with Gasteiger partial charge in [-0.25, -0.2) is 9.97 Å². The van der Waals surface area contributed by atoms with Gasteiger partial charge in [0, 0.05) is 18.8 Å². The lowest BCUT2D eigenvalue weighted by Crippen LogP contribution is -2.05. The number of carbonyl (C=O) groups excluding carboxylic acids is 1. The summed E-state index contributed by atoms with van der Waals surface area (Å²) in [7, 11) is 0. The molecule has 2 rings (SSSR count). The number of hydrogen-bond acceptors (Lipinski definition) is 4. The van der Waals surface area contributed by atoms with Crippen LogP contribution in [-0.4, -0.2) is 15.9 Å². The second-order valence-electron chi connectivity index (χ2n) is 4.25. The van der Waals surface area contributed by atoms with Crippen molar-refractivity contribution in [2.75, 3.05) is 0 Å². The highest BCUT2D eigenvalue weighted by Gasteiger charge is 2.03. The molecule has 1 aromatic heterocycles. The average Bonchev–Trinajstić information content (AvgIpc) is 2.47. The zero-order valence-electron chi connectivity index (χ0n) is 10.7. The van der Waals surface area contributed by atoms with Gasteiger partial charge in [0.25, 0.3) is 0 Å². The van der Waals surface area contributed by atoms with Crippen molar-refractivity contribution in [2.24, 2.45) is 0 Å². The molecule has 0 bridgehead atoms. The van der Waals surface area contributed by atoms with Crippen molar-refractivity contribution in [1.82, 2.24) is 9.97 Å². The zero-order chi connectivity index (χ0) is 13.3. The third-order valence-electron chi connectivity index (χ3n) is 2.70. The molecule has 19 heavy (non-hydrogen) atoms. The quantitative estimate of drug-likeness (QED) is 0.745. The summed E-state index contributed by atoms with van der Waals surface area (Å²) in [5.41, 5.74) is 2.05. The number of ether oxygens (including phenoxy) is 1. The third kappa shape index (κ3) is 4.87. The maximum Gasteiger partial charge on any atom is 0.306 e. The molecule has 4 nitrogen and oxygen atoms in total. The van der Waals surface area contributed by atoms with Gasteiger partial charge >= 0.3 is 5.97 Å². The van der Waals surface area contributed by atoms with Crippen LogP contribution in [0.1, 0.15) is 24.0 Å². The Morgan fingerprint density at radius 3 is 2.53 bits per heavy atom. The standard InChI is InChI=1S/C15H16N2O2/c18-15(19-11-13-5-2-1-3-6-13)8-4-7-14-9-16-12-17-10-14/h1-3,5-6,9-10,12H,4,7-8,11H2. The Hall–Kier alpha value is -2.23.